The maximum absolute atomic E-state index is 12.3. The predicted octanol–water partition coefficient (Wildman–Crippen LogP) is 1.55. The first kappa shape index (κ1) is 15.5. The van der Waals surface area contributed by atoms with Crippen LogP contribution in [0.1, 0.15) is 19.8 Å². The number of piperidine rings is 1. The van der Waals surface area contributed by atoms with Gasteiger partial charge in [0.15, 0.2) is 5.82 Å². The summed E-state index contributed by atoms with van der Waals surface area (Å²) in [6, 6.07) is 7.78. The average Bonchev–Trinajstić information content (AvgIpc) is 2.99. The lowest BCUT2D eigenvalue weighted by Gasteiger charge is -2.31. The molecule has 1 aromatic carbocycles. The van der Waals surface area contributed by atoms with E-state index in [1.54, 1.807) is 11.7 Å². The van der Waals surface area contributed by atoms with Gasteiger partial charge >= 0.3 is 0 Å². The van der Waals surface area contributed by atoms with Gasteiger partial charge < -0.3 is 10.2 Å². The molecule has 1 aromatic heterocycles. The largest absolute Gasteiger partial charge is 0.376 e. The molecule has 1 saturated heterocycles. The summed E-state index contributed by atoms with van der Waals surface area (Å²) in [4.78, 5) is 14.3. The van der Waals surface area contributed by atoms with Crippen molar-refractivity contribution >= 4 is 11.6 Å². The molecule has 0 spiro atoms. The number of aromatic nitrogens is 4. The van der Waals surface area contributed by atoms with Gasteiger partial charge in [0.05, 0.1) is 6.54 Å². The number of nitrogens with zero attached hydrogens (tertiary/aromatic N) is 5. The zero-order valence-corrected chi connectivity index (χ0v) is 13.6. The number of benzene rings is 1. The molecule has 1 atom stereocenters. The van der Waals surface area contributed by atoms with E-state index in [2.05, 4.69) is 27.8 Å². The van der Waals surface area contributed by atoms with E-state index in [-0.39, 0.29) is 5.91 Å². The van der Waals surface area contributed by atoms with Crippen LogP contribution in [-0.4, -0.2) is 50.6 Å². The third-order valence-electron chi connectivity index (χ3n) is 4.19. The van der Waals surface area contributed by atoms with Crippen molar-refractivity contribution in [2.45, 2.75) is 19.8 Å². The fraction of sp³-hybridized carbons (Fsp3) is 0.500. The van der Waals surface area contributed by atoms with Crippen molar-refractivity contribution in [3.8, 4) is 11.4 Å². The van der Waals surface area contributed by atoms with E-state index in [0.29, 0.717) is 18.3 Å². The molecule has 1 unspecified atom stereocenters. The number of likely N-dealkylation sites (tertiary alicyclic amines) is 1. The van der Waals surface area contributed by atoms with E-state index in [1.165, 1.54) is 6.42 Å². The minimum Gasteiger partial charge on any atom is -0.376 e. The highest BCUT2D eigenvalue weighted by Gasteiger charge is 2.20. The Labute approximate surface area is 135 Å². The molecule has 2 heterocycles. The lowest BCUT2D eigenvalue weighted by Crippen LogP contribution is -2.41. The molecule has 1 aliphatic rings. The summed E-state index contributed by atoms with van der Waals surface area (Å²) in [6.45, 7) is 4.25. The number of carbonyl (C=O) groups is 1. The van der Waals surface area contributed by atoms with Gasteiger partial charge in [0, 0.05) is 31.4 Å². The Morgan fingerprint density at radius 3 is 3.04 bits per heavy atom. The number of rotatable bonds is 4. The summed E-state index contributed by atoms with van der Waals surface area (Å²) in [5.74, 6) is 1.45. The molecule has 23 heavy (non-hydrogen) atoms. The molecule has 3 rings (SSSR count). The second-order valence-electron chi connectivity index (χ2n) is 6.15. The van der Waals surface area contributed by atoms with Crippen molar-refractivity contribution < 1.29 is 4.79 Å². The lowest BCUT2D eigenvalue weighted by molar-refractivity contribution is -0.130. The van der Waals surface area contributed by atoms with Crippen LogP contribution < -0.4 is 5.32 Å². The number of hydrogen-bond acceptors (Lipinski definition) is 5. The summed E-state index contributed by atoms with van der Waals surface area (Å²) < 4.78 is 1.62. The number of hydrogen-bond donors (Lipinski definition) is 1. The van der Waals surface area contributed by atoms with Crippen molar-refractivity contribution in [2.24, 2.45) is 13.0 Å². The first-order chi connectivity index (χ1) is 11.1. The Kier molecular flexibility index (Phi) is 4.55. The standard InChI is InChI=1S/C16H22N6O/c1-12-5-4-8-22(11-12)15(23)10-17-14-7-3-6-13(9-14)16-18-19-20-21(16)2/h3,6-7,9,12,17H,4-5,8,10-11H2,1-2H3. The van der Waals surface area contributed by atoms with Crippen LogP contribution in [0.3, 0.4) is 0 Å². The van der Waals surface area contributed by atoms with E-state index >= 15 is 0 Å². The smallest absolute Gasteiger partial charge is 0.241 e. The van der Waals surface area contributed by atoms with Crippen molar-refractivity contribution in [1.29, 1.82) is 0 Å². The number of aryl methyl sites for hydroxylation is 1. The molecule has 122 valence electrons. The van der Waals surface area contributed by atoms with Crippen molar-refractivity contribution in [2.75, 3.05) is 25.0 Å². The fourth-order valence-corrected chi connectivity index (χ4v) is 2.95. The summed E-state index contributed by atoms with van der Waals surface area (Å²) in [5.41, 5.74) is 1.81. The van der Waals surface area contributed by atoms with Crippen LogP contribution in [0.15, 0.2) is 24.3 Å². The molecule has 0 radical (unpaired) electrons. The van der Waals surface area contributed by atoms with Crippen molar-refractivity contribution in [3.63, 3.8) is 0 Å². The van der Waals surface area contributed by atoms with Crippen LogP contribution in [0.4, 0.5) is 5.69 Å². The Balaban J connectivity index is 1.62. The number of carbonyl (C=O) groups excluding carboxylic acids is 1. The van der Waals surface area contributed by atoms with Crippen LogP contribution in [0.25, 0.3) is 11.4 Å². The van der Waals surface area contributed by atoms with Crippen molar-refractivity contribution in [1.82, 2.24) is 25.1 Å². The molecule has 0 saturated carbocycles. The molecule has 1 fully saturated rings. The van der Waals surface area contributed by atoms with E-state index in [4.69, 9.17) is 0 Å². The maximum Gasteiger partial charge on any atom is 0.241 e. The first-order valence-electron chi connectivity index (χ1n) is 7.98. The molecule has 0 bridgehead atoms. The second-order valence-corrected chi connectivity index (χ2v) is 6.15. The van der Waals surface area contributed by atoms with Gasteiger partial charge in [-0.3, -0.25) is 4.79 Å². The Morgan fingerprint density at radius 1 is 1.43 bits per heavy atom. The van der Waals surface area contributed by atoms with Gasteiger partial charge in [-0.2, -0.15) is 0 Å². The molecule has 7 nitrogen and oxygen atoms in total. The summed E-state index contributed by atoms with van der Waals surface area (Å²) in [6.07, 6.45) is 2.31. The highest BCUT2D eigenvalue weighted by atomic mass is 16.2. The van der Waals surface area contributed by atoms with Crippen LogP contribution in [0, 0.1) is 5.92 Å². The highest BCUT2D eigenvalue weighted by Crippen LogP contribution is 2.20. The Hall–Kier alpha value is -2.44. The first-order valence-corrected chi connectivity index (χ1v) is 7.98. The molecule has 1 N–H and O–H groups in total. The second kappa shape index (κ2) is 6.76. The maximum atomic E-state index is 12.3. The normalized spacial score (nSPS) is 18.0. The zero-order chi connectivity index (χ0) is 16.2. The van der Waals surface area contributed by atoms with Crippen LogP contribution >= 0.6 is 0 Å². The predicted molar refractivity (Wildman–Crippen MR) is 87.7 cm³/mol. The quantitative estimate of drug-likeness (QED) is 0.926. The summed E-state index contributed by atoms with van der Waals surface area (Å²) >= 11 is 0. The van der Waals surface area contributed by atoms with E-state index in [0.717, 1.165) is 30.8 Å². The monoisotopic (exact) mass is 314 g/mol. The van der Waals surface area contributed by atoms with E-state index in [1.807, 2.05) is 29.2 Å². The van der Waals surface area contributed by atoms with Gasteiger partial charge in [-0.25, -0.2) is 4.68 Å². The molecule has 2 aromatic rings. The van der Waals surface area contributed by atoms with E-state index in [9.17, 15) is 4.79 Å². The SMILES string of the molecule is CC1CCCN(C(=O)CNc2cccc(-c3nnnn3C)c2)C1. The van der Waals surface area contributed by atoms with Crippen LogP contribution in [0.5, 0.6) is 0 Å². The highest BCUT2D eigenvalue weighted by molar-refractivity contribution is 5.81. The third kappa shape index (κ3) is 3.67. The number of nitrogens with one attached hydrogen (secondary N) is 1. The minimum atomic E-state index is 0.155. The van der Waals surface area contributed by atoms with Gasteiger partial charge in [0.2, 0.25) is 5.91 Å². The van der Waals surface area contributed by atoms with Crippen molar-refractivity contribution in [3.05, 3.63) is 24.3 Å². The number of amides is 1. The van der Waals surface area contributed by atoms with Gasteiger partial charge in [0.1, 0.15) is 0 Å². The average molecular weight is 314 g/mol. The van der Waals surface area contributed by atoms with Gasteiger partial charge in [0.25, 0.3) is 0 Å². The third-order valence-corrected chi connectivity index (χ3v) is 4.19. The Morgan fingerprint density at radius 2 is 2.30 bits per heavy atom. The van der Waals surface area contributed by atoms with E-state index < -0.39 is 0 Å². The molecule has 7 heteroatoms. The fourth-order valence-electron chi connectivity index (χ4n) is 2.95. The van der Waals surface area contributed by atoms with Gasteiger partial charge in [-0.1, -0.05) is 19.1 Å². The number of tetrazole rings is 1. The van der Waals surface area contributed by atoms with Crippen LogP contribution in [0.2, 0.25) is 0 Å². The summed E-state index contributed by atoms with van der Waals surface area (Å²) in [5, 5.41) is 14.7. The minimum absolute atomic E-state index is 0.155. The van der Waals surface area contributed by atoms with Gasteiger partial charge in [-0.05, 0) is 41.3 Å². The van der Waals surface area contributed by atoms with Gasteiger partial charge in [-0.15, -0.1) is 5.10 Å². The lowest BCUT2D eigenvalue weighted by atomic mass is 10.0. The number of anilines is 1. The molecule has 1 amide bonds. The Bertz CT molecular complexity index is 683. The molecule has 0 aliphatic carbocycles. The van der Waals surface area contributed by atoms with Crippen LogP contribution in [-0.2, 0) is 11.8 Å². The molecule has 1 aliphatic heterocycles. The molecular formula is C16H22N6O. The molecular weight excluding hydrogens is 292 g/mol. The zero-order valence-electron chi connectivity index (χ0n) is 13.6. The topological polar surface area (TPSA) is 75.9 Å². The summed E-state index contributed by atoms with van der Waals surface area (Å²) in [7, 11) is 1.80.